The number of rotatable bonds is 14. The number of carbonyl (C=O) groups is 4. The van der Waals surface area contributed by atoms with E-state index in [0.29, 0.717) is 36.0 Å². The van der Waals surface area contributed by atoms with Gasteiger partial charge in [0.1, 0.15) is 18.0 Å². The first-order valence-electron chi connectivity index (χ1n) is 14.5. The van der Waals surface area contributed by atoms with E-state index < -0.39 is 47.8 Å². The fourth-order valence-electron chi connectivity index (χ4n) is 5.70. The lowest BCUT2D eigenvalue weighted by Crippen LogP contribution is -2.47. The number of benzene rings is 3. The summed E-state index contributed by atoms with van der Waals surface area (Å²) in [6.45, 7) is -1.17. The van der Waals surface area contributed by atoms with Crippen molar-refractivity contribution in [2.45, 2.75) is 56.2 Å². The molecule has 11 heteroatoms. The Hall–Kier alpha value is -4.67. The van der Waals surface area contributed by atoms with Crippen LogP contribution in [-0.4, -0.2) is 48.9 Å². The third-order valence-electron chi connectivity index (χ3n) is 7.77. The van der Waals surface area contributed by atoms with Crippen molar-refractivity contribution in [2.75, 3.05) is 13.1 Å². The molecule has 4 amide bonds. The van der Waals surface area contributed by atoms with Crippen LogP contribution in [0.3, 0.4) is 0 Å². The zero-order chi connectivity index (χ0) is 31.7. The Morgan fingerprint density at radius 1 is 0.773 bits per heavy atom. The molecule has 0 aromatic heterocycles. The normalized spacial score (nSPS) is 13.7. The summed E-state index contributed by atoms with van der Waals surface area (Å²) in [6, 6.07) is 21.9. The highest BCUT2D eigenvalue weighted by Gasteiger charge is 2.49. The topological polar surface area (TPSA) is 130 Å². The van der Waals surface area contributed by atoms with Crippen molar-refractivity contribution in [2.24, 2.45) is 5.73 Å². The predicted octanol–water partition coefficient (Wildman–Crippen LogP) is 4.37. The molecule has 0 saturated heterocycles. The summed E-state index contributed by atoms with van der Waals surface area (Å²) >= 11 is 0. The average molecular weight is 609 g/mol. The number of hydrogen-bond donors (Lipinski definition) is 4. The van der Waals surface area contributed by atoms with Crippen LogP contribution in [0.4, 0.5) is 13.2 Å². The van der Waals surface area contributed by atoms with Gasteiger partial charge >= 0.3 is 6.18 Å². The highest BCUT2D eigenvalue weighted by atomic mass is 19.4. The molecule has 4 rings (SSSR count). The van der Waals surface area contributed by atoms with Crippen molar-refractivity contribution >= 4 is 23.6 Å². The lowest BCUT2D eigenvalue weighted by atomic mass is 9.73. The minimum atomic E-state index is -4.55. The molecule has 1 aliphatic rings. The summed E-state index contributed by atoms with van der Waals surface area (Å²) in [6.07, 6.45) is -2.75. The van der Waals surface area contributed by atoms with Gasteiger partial charge in [-0.25, -0.2) is 0 Å². The lowest BCUT2D eigenvalue weighted by molar-refractivity contribution is -0.141. The fourth-order valence-corrected chi connectivity index (χ4v) is 5.70. The molecule has 44 heavy (non-hydrogen) atoms. The standard InChI is InChI=1S/C33H35F3N4O4/c34-33(35,36)21-39-31(44)32(25-15-7-5-13-23(25)24-14-6-8-16-26(24)32)19-9-2-10-20-38-30(43)27(17-18-28(37)41)40-29(42)22-11-3-1-4-12-22/h1,3-8,11-16,27H,2,9-10,17-21H2,(H2,37,41)(H,38,43)(H,39,44)(H,40,42)/t27-/m1/s1. The number of halogens is 3. The number of carbonyl (C=O) groups excluding carboxylic acids is 4. The van der Waals surface area contributed by atoms with Crippen molar-refractivity contribution in [3.05, 3.63) is 95.6 Å². The smallest absolute Gasteiger partial charge is 0.370 e. The van der Waals surface area contributed by atoms with Gasteiger partial charge in [-0.05, 0) is 53.6 Å². The van der Waals surface area contributed by atoms with E-state index in [1.807, 2.05) is 24.3 Å². The summed E-state index contributed by atoms with van der Waals surface area (Å²) in [4.78, 5) is 50.4. The fraction of sp³-hybridized carbons (Fsp3) is 0.333. The molecule has 0 fully saturated rings. The van der Waals surface area contributed by atoms with Gasteiger partial charge in [-0.3, -0.25) is 19.2 Å². The van der Waals surface area contributed by atoms with Crippen molar-refractivity contribution < 1.29 is 32.3 Å². The highest BCUT2D eigenvalue weighted by Crippen LogP contribution is 2.51. The second kappa shape index (κ2) is 14.2. The number of nitrogens with two attached hydrogens (primary N) is 1. The maximum atomic E-state index is 13.6. The van der Waals surface area contributed by atoms with Gasteiger partial charge in [0.2, 0.25) is 17.7 Å². The van der Waals surface area contributed by atoms with E-state index in [0.717, 1.165) is 11.1 Å². The van der Waals surface area contributed by atoms with Gasteiger partial charge in [0.25, 0.3) is 5.91 Å². The first kappa shape index (κ1) is 32.2. The Labute approximate surface area is 253 Å². The Bertz CT molecular complexity index is 1450. The monoisotopic (exact) mass is 608 g/mol. The first-order chi connectivity index (χ1) is 21.0. The molecule has 0 unspecified atom stereocenters. The van der Waals surface area contributed by atoms with E-state index in [1.54, 1.807) is 54.6 Å². The third-order valence-corrected chi connectivity index (χ3v) is 7.77. The Morgan fingerprint density at radius 3 is 1.95 bits per heavy atom. The SMILES string of the molecule is NC(=O)CC[C@@H](NC(=O)c1ccccc1)C(=O)NCCCCCC1(C(=O)NCC(F)(F)F)c2ccccc2-c2ccccc21. The van der Waals surface area contributed by atoms with E-state index in [1.165, 1.54) is 0 Å². The summed E-state index contributed by atoms with van der Waals surface area (Å²) in [7, 11) is 0. The minimum Gasteiger partial charge on any atom is -0.370 e. The summed E-state index contributed by atoms with van der Waals surface area (Å²) in [5.74, 6) is -2.22. The molecule has 0 heterocycles. The largest absolute Gasteiger partial charge is 0.405 e. The zero-order valence-electron chi connectivity index (χ0n) is 24.1. The van der Waals surface area contributed by atoms with Crippen molar-refractivity contribution in [3.8, 4) is 11.1 Å². The van der Waals surface area contributed by atoms with Crippen LogP contribution in [0.15, 0.2) is 78.9 Å². The highest BCUT2D eigenvalue weighted by molar-refractivity contribution is 6.00. The van der Waals surface area contributed by atoms with E-state index in [-0.39, 0.29) is 25.8 Å². The maximum Gasteiger partial charge on any atom is 0.405 e. The number of fused-ring (bicyclic) bond motifs is 3. The Morgan fingerprint density at radius 2 is 1.36 bits per heavy atom. The van der Waals surface area contributed by atoms with Gasteiger partial charge in [-0.15, -0.1) is 0 Å². The zero-order valence-corrected chi connectivity index (χ0v) is 24.1. The van der Waals surface area contributed by atoms with E-state index >= 15 is 0 Å². The van der Waals surface area contributed by atoms with Gasteiger partial charge in [-0.1, -0.05) is 79.6 Å². The van der Waals surface area contributed by atoms with Crippen molar-refractivity contribution in [1.82, 2.24) is 16.0 Å². The minimum absolute atomic E-state index is 0.0358. The molecule has 0 bridgehead atoms. The quantitative estimate of drug-likeness (QED) is 0.203. The van der Waals surface area contributed by atoms with Gasteiger partial charge in [0.05, 0.1) is 0 Å². The van der Waals surface area contributed by atoms with Crippen LogP contribution >= 0.6 is 0 Å². The summed E-state index contributed by atoms with van der Waals surface area (Å²) in [5.41, 5.74) is 7.30. The van der Waals surface area contributed by atoms with Gasteiger partial charge in [-0.2, -0.15) is 13.2 Å². The van der Waals surface area contributed by atoms with Crippen LogP contribution in [-0.2, 0) is 19.8 Å². The van der Waals surface area contributed by atoms with E-state index in [2.05, 4.69) is 16.0 Å². The molecular weight excluding hydrogens is 573 g/mol. The molecule has 8 nitrogen and oxygen atoms in total. The summed E-state index contributed by atoms with van der Waals surface area (Å²) < 4.78 is 39.2. The first-order valence-corrected chi connectivity index (χ1v) is 14.5. The molecule has 232 valence electrons. The maximum absolute atomic E-state index is 13.6. The molecule has 3 aromatic carbocycles. The molecule has 1 aliphatic carbocycles. The van der Waals surface area contributed by atoms with Gasteiger partial charge in [0.15, 0.2) is 0 Å². The van der Waals surface area contributed by atoms with Gasteiger partial charge in [0, 0.05) is 18.5 Å². The van der Waals surface area contributed by atoms with Gasteiger partial charge < -0.3 is 21.7 Å². The molecule has 3 aromatic rings. The number of nitrogens with one attached hydrogen (secondary N) is 3. The lowest BCUT2D eigenvalue weighted by Gasteiger charge is -2.31. The number of alkyl halides is 3. The molecule has 5 N–H and O–H groups in total. The van der Waals surface area contributed by atoms with E-state index in [9.17, 15) is 32.3 Å². The molecule has 0 saturated carbocycles. The second-order valence-electron chi connectivity index (χ2n) is 10.8. The van der Waals surface area contributed by atoms with E-state index in [4.69, 9.17) is 5.73 Å². The van der Waals surface area contributed by atoms with Crippen LogP contribution in [0.2, 0.25) is 0 Å². The molecule has 0 radical (unpaired) electrons. The molecule has 0 aliphatic heterocycles. The predicted molar refractivity (Wildman–Crippen MR) is 159 cm³/mol. The Kier molecular flexibility index (Phi) is 10.4. The number of primary amides is 1. The van der Waals surface area contributed by atoms with Crippen LogP contribution < -0.4 is 21.7 Å². The molecule has 1 atom stereocenters. The van der Waals surface area contributed by atoms with Crippen LogP contribution in [0, 0.1) is 0 Å². The number of amides is 4. The molecular formula is C33H35F3N4O4. The van der Waals surface area contributed by atoms with Crippen molar-refractivity contribution in [1.29, 1.82) is 0 Å². The van der Waals surface area contributed by atoms with Crippen LogP contribution in [0.5, 0.6) is 0 Å². The molecule has 0 spiro atoms. The Balaban J connectivity index is 1.39. The second-order valence-corrected chi connectivity index (χ2v) is 10.8. The van der Waals surface area contributed by atoms with Crippen molar-refractivity contribution in [3.63, 3.8) is 0 Å². The number of unbranched alkanes of at least 4 members (excludes halogenated alkanes) is 2. The average Bonchev–Trinajstić information content (AvgIpc) is 3.30. The van der Waals surface area contributed by atoms with Crippen LogP contribution in [0.1, 0.15) is 60.0 Å². The summed E-state index contributed by atoms with van der Waals surface area (Å²) in [5, 5.41) is 7.56. The third kappa shape index (κ3) is 7.64. The number of hydrogen-bond acceptors (Lipinski definition) is 4. The van der Waals surface area contributed by atoms with Crippen LogP contribution in [0.25, 0.3) is 11.1 Å².